The van der Waals surface area contributed by atoms with E-state index in [4.69, 9.17) is 4.84 Å². The fourth-order valence-corrected chi connectivity index (χ4v) is 5.37. The number of rotatable bonds is 9. The number of piperidine rings is 1. The molecule has 1 aliphatic rings. The first-order valence-electron chi connectivity index (χ1n) is 14.5. The molecule has 0 radical (unpaired) electrons. The molecule has 0 aliphatic carbocycles. The number of likely N-dealkylation sites (tertiary alicyclic amines) is 1. The van der Waals surface area contributed by atoms with Gasteiger partial charge < -0.3 is 9.74 Å². The van der Waals surface area contributed by atoms with Crippen molar-refractivity contribution in [3.63, 3.8) is 0 Å². The Labute approximate surface area is 253 Å². The Morgan fingerprint density at radius 1 is 1.09 bits per heavy atom. The van der Waals surface area contributed by atoms with E-state index >= 15 is 0 Å². The normalized spacial score (nSPS) is 15.3. The van der Waals surface area contributed by atoms with Crippen molar-refractivity contribution in [2.45, 2.75) is 65.5 Å². The zero-order chi connectivity index (χ0) is 32.2. The van der Waals surface area contributed by atoms with Gasteiger partial charge in [0.05, 0.1) is 34.6 Å². The second-order valence-electron chi connectivity index (χ2n) is 11.0. The summed E-state index contributed by atoms with van der Waals surface area (Å²) in [5.74, 6) is -1.49. The molecule has 4 rings (SSSR count). The smallest absolute Gasteiger partial charge is 0.357 e. The molecule has 1 fully saturated rings. The summed E-state index contributed by atoms with van der Waals surface area (Å²) in [5, 5.41) is 4.28. The molecule has 3 aromatic rings. The number of alkyl halides is 3. The summed E-state index contributed by atoms with van der Waals surface area (Å²) in [6.07, 6.45) is -3.18. The lowest BCUT2D eigenvalue weighted by atomic mass is 9.89. The Morgan fingerprint density at radius 2 is 1.73 bits per heavy atom. The molecule has 0 spiro atoms. The van der Waals surface area contributed by atoms with Crippen LogP contribution in [0.3, 0.4) is 0 Å². The topological polar surface area (TPSA) is 67.7 Å². The second kappa shape index (κ2) is 13.7. The number of halogens is 5. The van der Waals surface area contributed by atoms with Crippen molar-refractivity contribution in [2.75, 3.05) is 13.1 Å². The summed E-state index contributed by atoms with van der Waals surface area (Å²) in [7, 11) is 0. The van der Waals surface area contributed by atoms with Gasteiger partial charge in [-0.25, -0.2) is 18.7 Å². The van der Waals surface area contributed by atoms with E-state index in [1.54, 1.807) is 24.8 Å². The molecule has 0 bridgehead atoms. The first-order valence-corrected chi connectivity index (χ1v) is 14.5. The van der Waals surface area contributed by atoms with Crippen molar-refractivity contribution >= 4 is 17.4 Å². The van der Waals surface area contributed by atoms with Gasteiger partial charge in [-0.2, -0.15) is 13.2 Å². The summed E-state index contributed by atoms with van der Waals surface area (Å²) in [4.78, 5) is 29.4. The average molecular weight is 615 g/mol. The van der Waals surface area contributed by atoms with Crippen LogP contribution in [-0.2, 0) is 22.2 Å². The predicted molar refractivity (Wildman–Crippen MR) is 158 cm³/mol. The number of carbonyl (C=O) groups is 1. The molecule has 6 nitrogen and oxygen atoms in total. The highest BCUT2D eigenvalue weighted by molar-refractivity contribution is 6.02. The molecule has 1 unspecified atom stereocenters. The van der Waals surface area contributed by atoms with Crippen molar-refractivity contribution in [3.8, 4) is 0 Å². The molecule has 1 amide bonds. The van der Waals surface area contributed by atoms with E-state index in [9.17, 15) is 26.7 Å². The van der Waals surface area contributed by atoms with Crippen LogP contribution >= 0.6 is 0 Å². The quantitative estimate of drug-likeness (QED) is 0.107. The third-order valence-corrected chi connectivity index (χ3v) is 7.95. The third kappa shape index (κ3) is 7.49. The Hall–Kier alpha value is -4.15. The van der Waals surface area contributed by atoms with Gasteiger partial charge in [0.25, 0.3) is 0 Å². The van der Waals surface area contributed by atoms with Gasteiger partial charge in [-0.05, 0) is 57.4 Å². The first-order chi connectivity index (χ1) is 20.8. The van der Waals surface area contributed by atoms with Crippen molar-refractivity contribution in [3.05, 3.63) is 100 Å². The number of carbonyl (C=O) groups excluding carboxylic acids is 1. The highest BCUT2D eigenvalue weighted by Gasteiger charge is 2.32. The summed E-state index contributed by atoms with van der Waals surface area (Å²) >= 11 is 0. The number of nitrogens with zero attached hydrogens (tertiary/aromatic N) is 4. The van der Waals surface area contributed by atoms with E-state index in [0.29, 0.717) is 66.4 Å². The minimum Gasteiger partial charge on any atom is -0.357 e. The summed E-state index contributed by atoms with van der Waals surface area (Å²) in [5.41, 5.74) is 1.44. The Bertz CT molecular complexity index is 1540. The molecule has 44 heavy (non-hydrogen) atoms. The SMILES string of the molecule is C=C(ON=C(c1cccc(C(F)(F)F)c1)C(C)CC)c1c(C)nc(C)nc1C1CCN(C(=O)Cc2c(F)cccc2F)CC1. The van der Waals surface area contributed by atoms with Gasteiger partial charge >= 0.3 is 6.18 Å². The number of hydrogen-bond acceptors (Lipinski definition) is 5. The van der Waals surface area contributed by atoms with Gasteiger partial charge in [-0.3, -0.25) is 4.79 Å². The van der Waals surface area contributed by atoms with Gasteiger partial charge in [0, 0.05) is 36.1 Å². The zero-order valence-electron chi connectivity index (χ0n) is 25.1. The minimum absolute atomic E-state index is 0.0959. The summed E-state index contributed by atoms with van der Waals surface area (Å²) < 4.78 is 68.4. The minimum atomic E-state index is -4.50. The maximum absolute atomic E-state index is 14.1. The molecule has 11 heteroatoms. The lowest BCUT2D eigenvalue weighted by molar-refractivity contribution is -0.137. The molecule has 0 N–H and O–H groups in total. The van der Waals surface area contributed by atoms with Crippen LogP contribution in [0.5, 0.6) is 0 Å². The van der Waals surface area contributed by atoms with Crippen molar-refractivity contribution in [1.82, 2.24) is 14.9 Å². The average Bonchev–Trinajstić information content (AvgIpc) is 2.98. The van der Waals surface area contributed by atoms with E-state index in [0.717, 1.165) is 24.3 Å². The van der Waals surface area contributed by atoms with Gasteiger partial charge in [-0.1, -0.05) is 43.8 Å². The maximum atomic E-state index is 14.1. The first kappa shape index (κ1) is 32.8. The molecule has 2 aromatic carbocycles. The molecule has 1 atom stereocenters. The maximum Gasteiger partial charge on any atom is 0.416 e. The van der Waals surface area contributed by atoms with Crippen LogP contribution in [0.15, 0.2) is 54.2 Å². The van der Waals surface area contributed by atoms with Crippen molar-refractivity contribution < 1.29 is 31.6 Å². The molecular weight excluding hydrogens is 579 g/mol. The van der Waals surface area contributed by atoms with Crippen LogP contribution in [0.4, 0.5) is 22.0 Å². The van der Waals surface area contributed by atoms with Gasteiger partial charge in [-0.15, -0.1) is 0 Å². The number of aromatic nitrogens is 2. The lowest BCUT2D eigenvalue weighted by Gasteiger charge is -2.33. The Kier molecular flexibility index (Phi) is 10.2. The van der Waals surface area contributed by atoms with Crippen LogP contribution in [0.1, 0.15) is 78.5 Å². The van der Waals surface area contributed by atoms with E-state index < -0.39 is 23.4 Å². The monoisotopic (exact) mass is 614 g/mol. The van der Waals surface area contributed by atoms with Crippen LogP contribution in [0.25, 0.3) is 5.76 Å². The number of hydrogen-bond donors (Lipinski definition) is 0. The fraction of sp³-hybridized carbons (Fsp3) is 0.394. The highest BCUT2D eigenvalue weighted by Crippen LogP contribution is 2.35. The van der Waals surface area contributed by atoms with Gasteiger partial charge in [0.15, 0.2) is 5.76 Å². The van der Waals surface area contributed by atoms with Crippen LogP contribution in [0.2, 0.25) is 0 Å². The lowest BCUT2D eigenvalue weighted by Crippen LogP contribution is -2.39. The molecule has 2 heterocycles. The van der Waals surface area contributed by atoms with Crippen molar-refractivity contribution in [1.29, 1.82) is 0 Å². The fourth-order valence-electron chi connectivity index (χ4n) is 5.37. The molecule has 1 aromatic heterocycles. The summed E-state index contributed by atoms with van der Waals surface area (Å²) in [6.45, 7) is 12.1. The third-order valence-electron chi connectivity index (χ3n) is 7.95. The van der Waals surface area contributed by atoms with E-state index in [-0.39, 0.29) is 35.5 Å². The number of aryl methyl sites for hydroxylation is 2. The highest BCUT2D eigenvalue weighted by atomic mass is 19.4. The van der Waals surface area contributed by atoms with E-state index in [2.05, 4.69) is 21.7 Å². The number of oxime groups is 1. The summed E-state index contributed by atoms with van der Waals surface area (Å²) in [6, 6.07) is 8.48. The Morgan fingerprint density at radius 3 is 2.34 bits per heavy atom. The largest absolute Gasteiger partial charge is 0.416 e. The standard InChI is InChI=1S/C33H35F5N4O2/c1-6-19(2)31(24-9-7-10-25(17-24)33(36,37)38)41-44-21(4)30-20(3)39-22(5)40-32(30)23-13-15-42(16-14-23)29(43)18-26-27(34)11-8-12-28(26)35/h7-12,17,19,23H,4,6,13-16,18H2,1-3,5H3. The molecular formula is C33H35F5N4O2. The van der Waals surface area contributed by atoms with Gasteiger partial charge in [0.2, 0.25) is 5.91 Å². The van der Waals surface area contributed by atoms with Crippen LogP contribution in [-0.4, -0.2) is 39.6 Å². The molecule has 1 aliphatic heterocycles. The molecule has 234 valence electrons. The number of benzene rings is 2. The van der Waals surface area contributed by atoms with E-state index in [1.807, 2.05) is 13.8 Å². The predicted octanol–water partition coefficient (Wildman–Crippen LogP) is 7.78. The second-order valence-corrected chi connectivity index (χ2v) is 11.0. The van der Waals surface area contributed by atoms with Crippen molar-refractivity contribution in [2.24, 2.45) is 11.1 Å². The molecule has 1 saturated heterocycles. The number of amides is 1. The van der Waals surface area contributed by atoms with Gasteiger partial charge in [0.1, 0.15) is 17.5 Å². The molecule has 0 saturated carbocycles. The van der Waals surface area contributed by atoms with Crippen LogP contribution in [0, 0.1) is 31.4 Å². The van der Waals surface area contributed by atoms with E-state index in [1.165, 1.54) is 12.1 Å². The van der Waals surface area contributed by atoms with Crippen LogP contribution < -0.4 is 0 Å². The Balaban J connectivity index is 1.54. The zero-order valence-corrected chi connectivity index (χ0v) is 25.1.